The first-order chi connectivity index (χ1) is 14.8. The van der Waals surface area contributed by atoms with E-state index in [4.69, 9.17) is 4.74 Å². The topological polar surface area (TPSA) is 75.2 Å². The summed E-state index contributed by atoms with van der Waals surface area (Å²) >= 11 is 0. The molecule has 3 aromatic rings. The molecule has 0 saturated heterocycles. The van der Waals surface area contributed by atoms with Crippen molar-refractivity contribution in [2.24, 2.45) is 0 Å². The highest BCUT2D eigenvalue weighted by Crippen LogP contribution is 2.38. The van der Waals surface area contributed by atoms with Crippen molar-refractivity contribution in [1.29, 1.82) is 0 Å². The van der Waals surface area contributed by atoms with Crippen LogP contribution < -0.4 is 15.4 Å². The van der Waals surface area contributed by atoms with Crippen molar-refractivity contribution in [2.75, 3.05) is 44.9 Å². The Hall–Kier alpha value is -3.40. The Kier molecular flexibility index (Phi) is 6.91. The summed E-state index contributed by atoms with van der Waals surface area (Å²) in [6.07, 6.45) is -1.24. The number of benzene rings is 1. The molecule has 0 unspecified atom stereocenters. The highest BCUT2D eigenvalue weighted by molar-refractivity contribution is 5.67. The maximum absolute atomic E-state index is 13.4. The van der Waals surface area contributed by atoms with Crippen molar-refractivity contribution in [3.05, 3.63) is 54.4 Å². The summed E-state index contributed by atoms with van der Waals surface area (Å²) in [7, 11) is 5.10. The number of nitrogens with one attached hydrogen (secondary N) is 2. The Bertz CT molecular complexity index is 1010. The van der Waals surface area contributed by atoms with Crippen molar-refractivity contribution in [2.45, 2.75) is 6.18 Å². The number of halogens is 3. The summed E-state index contributed by atoms with van der Waals surface area (Å²) in [5, 5.41) is 6.08. The zero-order valence-electron chi connectivity index (χ0n) is 17.4. The molecular weight excluding hydrogens is 409 g/mol. The lowest BCUT2D eigenvalue weighted by molar-refractivity contribution is -0.138. The summed E-state index contributed by atoms with van der Waals surface area (Å²) in [5.41, 5.74) is 0.700. The summed E-state index contributed by atoms with van der Waals surface area (Å²) in [6, 6.07) is 9.04. The summed E-state index contributed by atoms with van der Waals surface area (Å²) < 4.78 is 44.9. The molecule has 0 saturated carbocycles. The van der Waals surface area contributed by atoms with E-state index in [1.54, 1.807) is 24.5 Å². The molecule has 0 aliphatic heterocycles. The van der Waals surface area contributed by atoms with Gasteiger partial charge in [-0.1, -0.05) is 0 Å². The minimum Gasteiger partial charge on any atom is -0.496 e. The number of pyridine rings is 1. The number of nitrogens with zero attached hydrogens (tertiary/aromatic N) is 4. The molecule has 2 aromatic heterocycles. The zero-order chi connectivity index (χ0) is 22.4. The SMILES string of the molecule is COc1ccc(Nc2cc(-c3cccnc3)nc(NCCN(C)C)n2)cc1C(F)(F)F. The van der Waals surface area contributed by atoms with Gasteiger partial charge in [0.25, 0.3) is 0 Å². The summed E-state index contributed by atoms with van der Waals surface area (Å²) in [6.45, 7) is 1.36. The average molecular weight is 432 g/mol. The largest absolute Gasteiger partial charge is 0.496 e. The van der Waals surface area contributed by atoms with Crippen LogP contribution in [0.15, 0.2) is 48.8 Å². The minimum atomic E-state index is -4.55. The van der Waals surface area contributed by atoms with Gasteiger partial charge in [-0.05, 0) is 44.4 Å². The van der Waals surface area contributed by atoms with Crippen LogP contribution in [0, 0.1) is 0 Å². The highest BCUT2D eigenvalue weighted by atomic mass is 19.4. The molecule has 7 nitrogen and oxygen atoms in total. The standard InChI is InChI=1S/C21H23F3N6O/c1-30(2)10-9-26-20-28-17(14-5-4-8-25-13-14)12-19(29-20)27-15-6-7-18(31-3)16(11-15)21(22,23)24/h4-8,11-13H,9-10H2,1-3H3,(H2,26,27,28,29). The Morgan fingerprint density at radius 1 is 1.10 bits per heavy atom. The summed E-state index contributed by atoms with van der Waals surface area (Å²) in [5.74, 6) is 0.456. The molecule has 10 heteroatoms. The van der Waals surface area contributed by atoms with Gasteiger partial charge in [-0.3, -0.25) is 4.98 Å². The van der Waals surface area contributed by atoms with Gasteiger partial charge in [0.05, 0.1) is 18.4 Å². The Morgan fingerprint density at radius 3 is 2.55 bits per heavy atom. The third-order valence-corrected chi connectivity index (χ3v) is 4.30. The molecule has 2 heterocycles. The lowest BCUT2D eigenvalue weighted by atomic mass is 10.1. The van der Waals surface area contributed by atoms with Gasteiger partial charge in [0.15, 0.2) is 0 Å². The van der Waals surface area contributed by atoms with Gasteiger partial charge in [0, 0.05) is 42.8 Å². The second kappa shape index (κ2) is 9.61. The third-order valence-electron chi connectivity index (χ3n) is 4.30. The highest BCUT2D eigenvalue weighted by Gasteiger charge is 2.34. The molecule has 1 aromatic carbocycles. The zero-order valence-corrected chi connectivity index (χ0v) is 17.4. The van der Waals surface area contributed by atoms with E-state index in [2.05, 4.69) is 25.6 Å². The number of methoxy groups -OCH3 is 1. The van der Waals surface area contributed by atoms with Gasteiger partial charge in [-0.25, -0.2) is 4.98 Å². The number of aromatic nitrogens is 3. The molecular formula is C21H23F3N6O. The average Bonchev–Trinajstić information content (AvgIpc) is 2.73. The Labute approximate surface area is 178 Å². The van der Waals surface area contributed by atoms with E-state index in [0.29, 0.717) is 24.0 Å². The molecule has 164 valence electrons. The van der Waals surface area contributed by atoms with E-state index in [-0.39, 0.29) is 11.4 Å². The molecule has 31 heavy (non-hydrogen) atoms. The normalized spacial score (nSPS) is 11.5. The Balaban J connectivity index is 1.94. The lowest BCUT2D eigenvalue weighted by Crippen LogP contribution is -2.21. The van der Waals surface area contributed by atoms with Crippen molar-refractivity contribution in [3.63, 3.8) is 0 Å². The number of hydrogen-bond donors (Lipinski definition) is 2. The number of likely N-dealkylation sites (N-methyl/N-ethyl adjacent to an activating group) is 1. The van der Waals surface area contributed by atoms with Crippen LogP contribution in [0.4, 0.5) is 30.6 Å². The van der Waals surface area contributed by atoms with Gasteiger partial charge in [0.2, 0.25) is 5.95 Å². The van der Waals surface area contributed by atoms with Gasteiger partial charge in [0.1, 0.15) is 11.6 Å². The number of ether oxygens (including phenoxy) is 1. The van der Waals surface area contributed by atoms with Crippen LogP contribution in [-0.4, -0.2) is 54.1 Å². The quantitative estimate of drug-likeness (QED) is 0.550. The van der Waals surface area contributed by atoms with E-state index in [1.807, 2.05) is 25.1 Å². The maximum Gasteiger partial charge on any atom is 0.420 e. The van der Waals surface area contributed by atoms with Crippen LogP contribution in [0.3, 0.4) is 0 Å². The van der Waals surface area contributed by atoms with E-state index in [1.165, 1.54) is 19.2 Å². The fraction of sp³-hybridized carbons (Fsp3) is 0.286. The van der Waals surface area contributed by atoms with Crippen molar-refractivity contribution < 1.29 is 17.9 Å². The summed E-state index contributed by atoms with van der Waals surface area (Å²) in [4.78, 5) is 15.0. The molecule has 3 rings (SSSR count). The molecule has 0 amide bonds. The number of hydrogen-bond acceptors (Lipinski definition) is 7. The van der Waals surface area contributed by atoms with Gasteiger partial charge in [-0.2, -0.15) is 18.2 Å². The smallest absolute Gasteiger partial charge is 0.420 e. The maximum atomic E-state index is 13.4. The van der Waals surface area contributed by atoms with E-state index in [9.17, 15) is 13.2 Å². The molecule has 0 aliphatic carbocycles. The van der Waals surface area contributed by atoms with Crippen molar-refractivity contribution in [1.82, 2.24) is 19.9 Å². The molecule has 2 N–H and O–H groups in total. The molecule has 0 aliphatic rings. The van der Waals surface area contributed by atoms with Gasteiger partial charge < -0.3 is 20.3 Å². The van der Waals surface area contributed by atoms with Crippen molar-refractivity contribution >= 4 is 17.5 Å². The first kappa shape index (κ1) is 22.3. The van der Waals surface area contributed by atoms with E-state index < -0.39 is 11.7 Å². The van der Waals surface area contributed by atoms with Crippen molar-refractivity contribution in [3.8, 4) is 17.0 Å². The molecule has 0 atom stereocenters. The van der Waals surface area contributed by atoms with Gasteiger partial charge in [-0.15, -0.1) is 0 Å². The second-order valence-corrected chi connectivity index (χ2v) is 6.97. The number of anilines is 3. The van der Waals surface area contributed by atoms with Crippen LogP contribution in [0.1, 0.15) is 5.56 Å². The Morgan fingerprint density at radius 2 is 1.90 bits per heavy atom. The number of rotatable bonds is 8. The fourth-order valence-corrected chi connectivity index (χ4v) is 2.80. The van der Waals surface area contributed by atoms with Crippen LogP contribution in [0.5, 0.6) is 5.75 Å². The monoisotopic (exact) mass is 432 g/mol. The predicted octanol–water partition coefficient (Wildman–Crippen LogP) is 4.28. The van der Waals surface area contributed by atoms with E-state index >= 15 is 0 Å². The second-order valence-electron chi connectivity index (χ2n) is 6.97. The fourth-order valence-electron chi connectivity index (χ4n) is 2.80. The van der Waals surface area contributed by atoms with E-state index in [0.717, 1.165) is 18.2 Å². The minimum absolute atomic E-state index is 0.225. The molecule has 0 fully saturated rings. The number of alkyl halides is 3. The van der Waals surface area contributed by atoms with Crippen LogP contribution in [0.2, 0.25) is 0 Å². The first-order valence-corrected chi connectivity index (χ1v) is 9.46. The van der Waals surface area contributed by atoms with Gasteiger partial charge >= 0.3 is 6.18 Å². The molecule has 0 spiro atoms. The predicted molar refractivity (Wildman–Crippen MR) is 114 cm³/mol. The van der Waals surface area contributed by atoms with Crippen LogP contribution in [0.25, 0.3) is 11.3 Å². The molecule has 0 bridgehead atoms. The first-order valence-electron chi connectivity index (χ1n) is 9.46. The lowest BCUT2D eigenvalue weighted by Gasteiger charge is -2.15. The third kappa shape index (κ3) is 6.05. The molecule has 0 radical (unpaired) electrons. The van der Waals surface area contributed by atoms with Crippen LogP contribution in [-0.2, 0) is 6.18 Å². The van der Waals surface area contributed by atoms with Crippen LogP contribution >= 0.6 is 0 Å².